The Balaban J connectivity index is 1.51. The van der Waals surface area contributed by atoms with E-state index >= 15 is 0 Å². The fourth-order valence-electron chi connectivity index (χ4n) is 3.87. The molecule has 0 saturated heterocycles. The maximum atomic E-state index is 13.6. The number of rotatable bonds is 6. The van der Waals surface area contributed by atoms with Gasteiger partial charge in [0.05, 0.1) is 18.4 Å². The lowest BCUT2D eigenvalue weighted by Gasteiger charge is -2.18. The number of carbonyl (C=O) groups excluding carboxylic acids is 1. The Morgan fingerprint density at radius 3 is 2.61 bits per heavy atom. The lowest BCUT2D eigenvalue weighted by atomic mass is 10.1. The summed E-state index contributed by atoms with van der Waals surface area (Å²) in [5.41, 5.74) is 3.63. The molecule has 0 spiro atoms. The third kappa shape index (κ3) is 4.01. The smallest absolute Gasteiger partial charge is 0.257 e. The van der Waals surface area contributed by atoms with Crippen molar-refractivity contribution in [2.75, 3.05) is 21.0 Å². The van der Waals surface area contributed by atoms with Gasteiger partial charge in [-0.25, -0.2) is 4.68 Å². The van der Waals surface area contributed by atoms with Gasteiger partial charge < -0.3 is 19.1 Å². The summed E-state index contributed by atoms with van der Waals surface area (Å²) in [6, 6.07) is 23.0. The Morgan fingerprint density at radius 1 is 1.03 bits per heavy atom. The van der Waals surface area contributed by atoms with Crippen LogP contribution in [0.25, 0.3) is 16.9 Å². The predicted octanol–water partition coefficient (Wildman–Crippen LogP) is 4.55. The number of fused-ring (bicyclic) bond motifs is 1. The quantitative estimate of drug-likeness (QED) is 0.439. The van der Waals surface area contributed by atoms with Crippen molar-refractivity contribution in [1.29, 1.82) is 0 Å². The lowest BCUT2D eigenvalue weighted by molar-refractivity contribution is 0.0785. The van der Waals surface area contributed by atoms with Crippen molar-refractivity contribution in [3.05, 3.63) is 90.1 Å². The molecule has 1 aromatic heterocycles. The molecule has 3 aromatic carbocycles. The van der Waals surface area contributed by atoms with Crippen molar-refractivity contribution in [2.24, 2.45) is 0 Å². The molecule has 33 heavy (non-hydrogen) atoms. The van der Waals surface area contributed by atoms with Gasteiger partial charge in [-0.15, -0.1) is 0 Å². The molecule has 1 amide bonds. The molecule has 4 aromatic rings. The topological polar surface area (TPSA) is 65.8 Å². The van der Waals surface area contributed by atoms with Crippen LogP contribution in [0.1, 0.15) is 15.9 Å². The Kier molecular flexibility index (Phi) is 5.44. The fraction of sp³-hybridized carbons (Fsp3) is 0.154. The first-order chi connectivity index (χ1) is 16.1. The van der Waals surface area contributed by atoms with Gasteiger partial charge in [0.2, 0.25) is 6.79 Å². The molecule has 0 bridgehead atoms. The summed E-state index contributed by atoms with van der Waals surface area (Å²) in [5, 5.41) is 4.77. The van der Waals surface area contributed by atoms with E-state index in [1.165, 1.54) is 0 Å². The molecule has 1 aliphatic heterocycles. The molecule has 0 aliphatic carbocycles. The SMILES string of the molecule is COc1ccccc1-c1nn(-c2ccccc2)cc1C(=O)N(C)Cc1ccc2c(c1)OCO2. The van der Waals surface area contributed by atoms with Crippen LogP contribution in [0.15, 0.2) is 79.0 Å². The first kappa shape index (κ1) is 20.6. The van der Waals surface area contributed by atoms with Gasteiger partial charge in [-0.2, -0.15) is 5.10 Å². The van der Waals surface area contributed by atoms with E-state index in [9.17, 15) is 4.79 Å². The van der Waals surface area contributed by atoms with Crippen LogP contribution in [0.4, 0.5) is 0 Å². The largest absolute Gasteiger partial charge is 0.496 e. The van der Waals surface area contributed by atoms with Crippen molar-refractivity contribution >= 4 is 5.91 Å². The normalized spacial score (nSPS) is 11.9. The highest BCUT2D eigenvalue weighted by molar-refractivity contribution is 6.00. The minimum Gasteiger partial charge on any atom is -0.496 e. The highest BCUT2D eigenvalue weighted by atomic mass is 16.7. The molecule has 0 radical (unpaired) electrons. The summed E-state index contributed by atoms with van der Waals surface area (Å²) >= 11 is 0. The zero-order valence-electron chi connectivity index (χ0n) is 18.4. The van der Waals surface area contributed by atoms with Crippen molar-refractivity contribution in [1.82, 2.24) is 14.7 Å². The number of amides is 1. The Labute approximate surface area is 191 Å². The van der Waals surface area contributed by atoms with E-state index in [1.54, 1.807) is 29.9 Å². The van der Waals surface area contributed by atoms with Crippen LogP contribution in [-0.2, 0) is 6.54 Å². The van der Waals surface area contributed by atoms with Crippen molar-refractivity contribution in [2.45, 2.75) is 6.54 Å². The first-order valence-electron chi connectivity index (χ1n) is 10.6. The molecule has 2 heterocycles. The highest BCUT2D eigenvalue weighted by Gasteiger charge is 2.24. The van der Waals surface area contributed by atoms with E-state index in [-0.39, 0.29) is 12.7 Å². The van der Waals surface area contributed by atoms with Crippen molar-refractivity contribution in [3.8, 4) is 34.2 Å². The van der Waals surface area contributed by atoms with Gasteiger partial charge in [0.25, 0.3) is 5.91 Å². The van der Waals surface area contributed by atoms with Crippen LogP contribution in [0.3, 0.4) is 0 Å². The molecule has 1 aliphatic rings. The van der Waals surface area contributed by atoms with Crippen molar-refractivity contribution < 1.29 is 19.0 Å². The third-order valence-corrected chi connectivity index (χ3v) is 5.53. The van der Waals surface area contributed by atoms with Crippen LogP contribution >= 0.6 is 0 Å². The van der Waals surface area contributed by atoms with Gasteiger partial charge in [-0.05, 0) is 42.0 Å². The van der Waals surface area contributed by atoms with Gasteiger partial charge in [-0.3, -0.25) is 4.79 Å². The summed E-state index contributed by atoms with van der Waals surface area (Å²) in [7, 11) is 3.39. The standard InChI is InChI=1S/C26H23N3O4/c1-28(15-18-12-13-23-24(14-18)33-17-32-23)26(30)21-16-29(19-8-4-3-5-9-19)27-25(21)20-10-6-7-11-22(20)31-2/h3-14,16H,15,17H2,1-2H3. The van der Waals surface area contributed by atoms with E-state index in [0.29, 0.717) is 29.3 Å². The average molecular weight is 441 g/mol. The zero-order chi connectivity index (χ0) is 22.8. The molecule has 5 rings (SSSR count). The van der Waals surface area contributed by atoms with Gasteiger partial charge in [0, 0.05) is 25.4 Å². The van der Waals surface area contributed by atoms with Gasteiger partial charge in [0.1, 0.15) is 11.4 Å². The molecule has 7 nitrogen and oxygen atoms in total. The van der Waals surface area contributed by atoms with E-state index in [4.69, 9.17) is 19.3 Å². The molecule has 0 fully saturated rings. The average Bonchev–Trinajstić information content (AvgIpc) is 3.51. The number of ether oxygens (including phenoxy) is 3. The van der Waals surface area contributed by atoms with Crippen LogP contribution in [0.2, 0.25) is 0 Å². The monoisotopic (exact) mass is 441 g/mol. The molecule has 0 atom stereocenters. The van der Waals surface area contributed by atoms with Crippen LogP contribution in [0.5, 0.6) is 17.2 Å². The molecular formula is C26H23N3O4. The van der Waals surface area contributed by atoms with Crippen molar-refractivity contribution in [3.63, 3.8) is 0 Å². The summed E-state index contributed by atoms with van der Waals surface area (Å²) < 4.78 is 18.1. The second-order valence-electron chi connectivity index (χ2n) is 7.72. The highest BCUT2D eigenvalue weighted by Crippen LogP contribution is 2.34. The van der Waals surface area contributed by atoms with Gasteiger partial charge >= 0.3 is 0 Å². The van der Waals surface area contributed by atoms with E-state index in [0.717, 1.165) is 22.6 Å². The minimum absolute atomic E-state index is 0.143. The molecule has 0 N–H and O–H groups in total. The van der Waals surface area contributed by atoms with Crippen LogP contribution in [0, 0.1) is 0 Å². The maximum Gasteiger partial charge on any atom is 0.257 e. The number of methoxy groups -OCH3 is 1. The second-order valence-corrected chi connectivity index (χ2v) is 7.72. The maximum absolute atomic E-state index is 13.6. The number of hydrogen-bond donors (Lipinski definition) is 0. The summed E-state index contributed by atoms with van der Waals surface area (Å²) in [5.74, 6) is 1.93. The zero-order valence-corrected chi connectivity index (χ0v) is 18.4. The van der Waals surface area contributed by atoms with E-state index in [2.05, 4.69) is 0 Å². The Morgan fingerprint density at radius 2 is 1.79 bits per heavy atom. The lowest BCUT2D eigenvalue weighted by Crippen LogP contribution is -2.26. The van der Waals surface area contributed by atoms with Crippen LogP contribution in [-0.4, -0.2) is 41.5 Å². The van der Waals surface area contributed by atoms with Gasteiger partial charge in [-0.1, -0.05) is 36.4 Å². The second kappa shape index (κ2) is 8.70. The first-order valence-corrected chi connectivity index (χ1v) is 10.6. The van der Waals surface area contributed by atoms with E-state index < -0.39 is 0 Å². The summed E-state index contributed by atoms with van der Waals surface area (Å²) in [4.78, 5) is 15.3. The molecule has 0 unspecified atom stereocenters. The third-order valence-electron chi connectivity index (χ3n) is 5.53. The Hall–Kier alpha value is -4.26. The number of hydrogen-bond acceptors (Lipinski definition) is 5. The number of nitrogens with zero attached hydrogens (tertiary/aromatic N) is 3. The Bertz CT molecular complexity index is 1300. The van der Waals surface area contributed by atoms with Crippen LogP contribution < -0.4 is 14.2 Å². The van der Waals surface area contributed by atoms with Gasteiger partial charge in [0.15, 0.2) is 11.5 Å². The minimum atomic E-state index is -0.143. The number of carbonyl (C=O) groups is 1. The summed E-state index contributed by atoms with van der Waals surface area (Å²) in [6.07, 6.45) is 1.77. The number of aromatic nitrogens is 2. The molecular weight excluding hydrogens is 418 g/mol. The predicted molar refractivity (Wildman–Crippen MR) is 124 cm³/mol. The summed E-state index contributed by atoms with van der Waals surface area (Å²) in [6.45, 7) is 0.631. The molecule has 0 saturated carbocycles. The molecule has 7 heteroatoms. The number of benzene rings is 3. The number of para-hydroxylation sites is 2. The van der Waals surface area contributed by atoms with E-state index in [1.807, 2.05) is 72.8 Å². The fourth-order valence-corrected chi connectivity index (χ4v) is 3.87. The molecule has 166 valence electrons.